The van der Waals surface area contributed by atoms with Gasteiger partial charge in [0.25, 0.3) is 5.91 Å². The van der Waals surface area contributed by atoms with Crippen molar-refractivity contribution in [3.05, 3.63) is 89.7 Å². The van der Waals surface area contributed by atoms with Crippen LogP contribution in [-0.2, 0) is 9.59 Å². The second kappa shape index (κ2) is 8.37. The average Bonchev–Trinajstić information content (AvgIpc) is 2.94. The monoisotopic (exact) mass is 456 g/mol. The molecule has 0 saturated carbocycles. The zero-order valence-corrected chi connectivity index (χ0v) is 18.0. The Morgan fingerprint density at radius 3 is 2.55 bits per heavy atom. The van der Waals surface area contributed by atoms with Crippen LogP contribution in [0.1, 0.15) is 16.9 Å². The number of benzene rings is 3. The molecule has 0 saturated heterocycles. The first kappa shape index (κ1) is 20.7. The first-order valence-electron chi connectivity index (χ1n) is 10.2. The summed E-state index contributed by atoms with van der Waals surface area (Å²) in [7, 11) is 0. The molecule has 7 nitrogen and oxygen atoms in total. The van der Waals surface area contributed by atoms with E-state index in [1.807, 2.05) is 36.4 Å². The van der Waals surface area contributed by atoms with Gasteiger partial charge in [-0.1, -0.05) is 41.9 Å². The summed E-state index contributed by atoms with van der Waals surface area (Å²) >= 11 is 6.04. The van der Waals surface area contributed by atoms with Gasteiger partial charge < -0.3 is 10.6 Å². The molecule has 33 heavy (non-hydrogen) atoms. The molecule has 8 heteroatoms. The minimum atomic E-state index is -0.439. The lowest BCUT2D eigenvalue weighted by atomic mass is 10.1. The summed E-state index contributed by atoms with van der Waals surface area (Å²) in [5.41, 5.74) is 2.38. The molecule has 1 aliphatic heterocycles. The van der Waals surface area contributed by atoms with Crippen LogP contribution in [0.4, 0.5) is 22.7 Å². The number of fused-ring (bicyclic) bond motifs is 3. The van der Waals surface area contributed by atoms with E-state index in [-0.39, 0.29) is 29.0 Å². The summed E-state index contributed by atoms with van der Waals surface area (Å²) in [6.45, 7) is 0. The van der Waals surface area contributed by atoms with Gasteiger partial charge in [0.15, 0.2) is 0 Å². The number of aromatic nitrogens is 1. The lowest BCUT2D eigenvalue weighted by molar-refractivity contribution is -0.124. The maximum Gasteiger partial charge on any atom is 0.275 e. The van der Waals surface area contributed by atoms with E-state index in [1.54, 1.807) is 36.4 Å². The highest BCUT2D eigenvalue weighted by Crippen LogP contribution is 2.40. The normalized spacial score (nSPS) is 13.3. The van der Waals surface area contributed by atoms with Crippen molar-refractivity contribution in [2.45, 2.75) is 6.42 Å². The van der Waals surface area contributed by atoms with Crippen molar-refractivity contribution in [1.29, 1.82) is 0 Å². The smallest absolute Gasteiger partial charge is 0.275 e. The summed E-state index contributed by atoms with van der Waals surface area (Å²) in [5.74, 6) is -1.15. The van der Waals surface area contributed by atoms with E-state index in [1.165, 1.54) is 11.1 Å². The standard InChI is InChI=1S/C25H17ClN4O3/c26-19-6-3-13-27-24(19)25(33)28-16-8-10-17(11-9-16)30-20-12-7-15-4-1-2-5-18(15)23(20)29-21(31)14-22(30)32/h1-13H,14H2,(H,28,33)(H,29,31). The SMILES string of the molecule is O=C1CC(=O)N(c2ccc(NC(=O)c3ncccc3Cl)cc2)c2ccc3ccccc3c2N1. The van der Waals surface area contributed by atoms with Crippen molar-refractivity contribution in [2.24, 2.45) is 0 Å². The fourth-order valence-electron chi connectivity index (χ4n) is 3.83. The van der Waals surface area contributed by atoms with Gasteiger partial charge in [0.1, 0.15) is 12.1 Å². The quantitative estimate of drug-likeness (QED) is 0.417. The molecule has 2 heterocycles. The minimum Gasteiger partial charge on any atom is -0.323 e. The molecule has 0 radical (unpaired) electrons. The van der Waals surface area contributed by atoms with Gasteiger partial charge in [0, 0.05) is 23.0 Å². The van der Waals surface area contributed by atoms with Crippen LogP contribution in [0.2, 0.25) is 5.02 Å². The van der Waals surface area contributed by atoms with E-state index >= 15 is 0 Å². The van der Waals surface area contributed by atoms with Crippen LogP contribution < -0.4 is 15.5 Å². The van der Waals surface area contributed by atoms with E-state index in [0.717, 1.165) is 10.8 Å². The van der Waals surface area contributed by atoms with Crippen molar-refractivity contribution >= 4 is 62.8 Å². The third-order valence-corrected chi connectivity index (χ3v) is 5.64. The molecular weight excluding hydrogens is 440 g/mol. The number of carbonyl (C=O) groups is 3. The molecule has 0 spiro atoms. The Kier molecular flexibility index (Phi) is 5.24. The Bertz CT molecular complexity index is 1420. The van der Waals surface area contributed by atoms with Crippen LogP contribution in [0.3, 0.4) is 0 Å². The Morgan fingerprint density at radius 2 is 1.76 bits per heavy atom. The highest BCUT2D eigenvalue weighted by molar-refractivity contribution is 6.34. The molecule has 0 bridgehead atoms. The van der Waals surface area contributed by atoms with Gasteiger partial charge in [0.2, 0.25) is 11.8 Å². The summed E-state index contributed by atoms with van der Waals surface area (Å²) in [6.07, 6.45) is 1.21. The van der Waals surface area contributed by atoms with Crippen molar-refractivity contribution in [3.8, 4) is 0 Å². The third-order valence-electron chi connectivity index (χ3n) is 5.33. The topological polar surface area (TPSA) is 91.4 Å². The zero-order chi connectivity index (χ0) is 22.9. The van der Waals surface area contributed by atoms with Crippen molar-refractivity contribution in [1.82, 2.24) is 4.98 Å². The van der Waals surface area contributed by atoms with Gasteiger partial charge in [-0.3, -0.25) is 19.3 Å². The van der Waals surface area contributed by atoms with Crippen LogP contribution in [0.15, 0.2) is 79.0 Å². The fraction of sp³-hybridized carbons (Fsp3) is 0.0400. The number of pyridine rings is 1. The third kappa shape index (κ3) is 3.90. The summed E-state index contributed by atoms with van der Waals surface area (Å²) in [5, 5.41) is 7.68. The van der Waals surface area contributed by atoms with Gasteiger partial charge in [-0.15, -0.1) is 0 Å². The lowest BCUT2D eigenvalue weighted by Gasteiger charge is -2.23. The molecule has 4 aromatic rings. The zero-order valence-electron chi connectivity index (χ0n) is 17.2. The van der Waals surface area contributed by atoms with Crippen molar-refractivity contribution in [3.63, 3.8) is 0 Å². The lowest BCUT2D eigenvalue weighted by Crippen LogP contribution is -2.26. The maximum atomic E-state index is 13.0. The molecule has 5 rings (SSSR count). The molecular formula is C25H17ClN4O3. The largest absolute Gasteiger partial charge is 0.323 e. The predicted molar refractivity (Wildman–Crippen MR) is 128 cm³/mol. The van der Waals surface area contributed by atoms with E-state index in [0.29, 0.717) is 22.7 Å². The highest BCUT2D eigenvalue weighted by atomic mass is 35.5. The molecule has 0 fully saturated rings. The molecule has 1 aromatic heterocycles. The fourth-order valence-corrected chi connectivity index (χ4v) is 4.04. The number of carbonyl (C=O) groups excluding carboxylic acids is 3. The van der Waals surface area contributed by atoms with Crippen LogP contribution >= 0.6 is 11.6 Å². The van der Waals surface area contributed by atoms with Gasteiger partial charge in [-0.25, -0.2) is 4.98 Å². The maximum absolute atomic E-state index is 13.0. The number of nitrogens with zero attached hydrogens (tertiary/aromatic N) is 2. The van der Waals surface area contributed by atoms with Gasteiger partial charge >= 0.3 is 0 Å². The molecule has 0 aliphatic carbocycles. The van der Waals surface area contributed by atoms with Crippen molar-refractivity contribution < 1.29 is 14.4 Å². The van der Waals surface area contributed by atoms with Crippen LogP contribution in [0.5, 0.6) is 0 Å². The Balaban J connectivity index is 1.50. The van der Waals surface area contributed by atoms with Crippen molar-refractivity contribution in [2.75, 3.05) is 15.5 Å². The first-order valence-corrected chi connectivity index (χ1v) is 10.6. The van der Waals surface area contributed by atoms with E-state index in [4.69, 9.17) is 11.6 Å². The number of amides is 3. The number of hydrogen-bond donors (Lipinski definition) is 2. The van der Waals surface area contributed by atoms with Gasteiger partial charge in [-0.2, -0.15) is 0 Å². The van der Waals surface area contributed by atoms with Gasteiger partial charge in [-0.05, 0) is 47.9 Å². The van der Waals surface area contributed by atoms with E-state index in [2.05, 4.69) is 15.6 Å². The van der Waals surface area contributed by atoms with Crippen LogP contribution in [-0.4, -0.2) is 22.7 Å². The molecule has 2 N–H and O–H groups in total. The second-order valence-corrected chi connectivity index (χ2v) is 7.88. The average molecular weight is 457 g/mol. The molecule has 0 unspecified atom stereocenters. The number of rotatable bonds is 3. The van der Waals surface area contributed by atoms with Gasteiger partial charge in [0.05, 0.1) is 16.4 Å². The Morgan fingerprint density at radius 1 is 0.970 bits per heavy atom. The Hall–Kier alpha value is -4.23. The first-order chi connectivity index (χ1) is 16.0. The summed E-state index contributed by atoms with van der Waals surface area (Å²) in [6, 6.07) is 21.4. The number of hydrogen-bond acceptors (Lipinski definition) is 4. The van der Waals surface area contributed by atoms with Crippen LogP contribution in [0, 0.1) is 0 Å². The Labute approximate surface area is 194 Å². The molecule has 3 amide bonds. The number of nitrogens with one attached hydrogen (secondary N) is 2. The molecule has 162 valence electrons. The number of anilines is 4. The summed E-state index contributed by atoms with van der Waals surface area (Å²) in [4.78, 5) is 43.4. The van der Waals surface area contributed by atoms with E-state index in [9.17, 15) is 14.4 Å². The minimum absolute atomic E-state index is 0.122. The van der Waals surface area contributed by atoms with Crippen LogP contribution in [0.25, 0.3) is 10.8 Å². The number of halogens is 1. The molecule has 1 aliphatic rings. The second-order valence-electron chi connectivity index (χ2n) is 7.47. The highest BCUT2D eigenvalue weighted by Gasteiger charge is 2.28. The molecule has 0 atom stereocenters. The molecule has 3 aromatic carbocycles. The van der Waals surface area contributed by atoms with E-state index < -0.39 is 5.91 Å². The summed E-state index contributed by atoms with van der Waals surface area (Å²) < 4.78 is 0. The predicted octanol–water partition coefficient (Wildman–Crippen LogP) is 5.15.